The average molecular weight is 1680 g/mol. The molecule has 128 heavy (non-hydrogen) atoms. The standard InChI is InChI=1S/8C14H12O.C7H9N/c1-9-5-4-8-12-13(9)11-7-3-6-10(2)14(11)15-12;1-9-4-6-13-12(7-9)11-5-3-10(2)8-14(11)15-13;1-9-3-5-11-12-6-4-10(2)8-14(12)15-13(11)7-9;1-9-5-3-7-11-13(9)14-10(2)6-4-8-12(14)15-11;1-9-5-3-7-11-12-8-4-6-10(2)14(12)15-13(9)11;1-9-6-7-12-11(8-9)14-10(2)4-3-5-13(14)15-12;1-9-6-7-11-13(8-9)15-12-5-3-4-10(2)14(11)12;1-9-6-7-11-12-5-3-4-10(2)14(12)15-13(11)8-9;1-6-4-3-5-8-7(6)2/h8*3-8H,1-2H3;3-5H,1-2H3. The lowest BCUT2D eigenvalue weighted by molar-refractivity contribution is 0.662. The third kappa shape index (κ3) is 17.5. The normalized spacial score (nSPS) is 11.2. The summed E-state index contributed by atoms with van der Waals surface area (Å²) >= 11 is 0. The van der Waals surface area contributed by atoms with Crippen LogP contribution in [-0.4, -0.2) is 4.98 Å². The summed E-state index contributed by atoms with van der Waals surface area (Å²) in [5, 5.41) is 19.6. The zero-order valence-electron chi connectivity index (χ0n) is 76.2. The van der Waals surface area contributed by atoms with Crippen molar-refractivity contribution in [2.45, 2.75) is 125 Å². The summed E-state index contributed by atoms with van der Waals surface area (Å²) in [7, 11) is 0. The molecule has 634 valence electrons. The van der Waals surface area contributed by atoms with Crippen molar-refractivity contribution in [3.05, 3.63) is 410 Å². The van der Waals surface area contributed by atoms with Crippen LogP contribution in [0.25, 0.3) is 176 Å². The first-order chi connectivity index (χ1) is 61.9. The number of pyridine rings is 1. The molecule has 9 nitrogen and oxygen atoms in total. The fourth-order valence-corrected chi connectivity index (χ4v) is 17.3. The Morgan fingerprint density at radius 1 is 0.148 bits per heavy atom. The minimum absolute atomic E-state index is 0.973. The Labute approximate surface area is 745 Å². The van der Waals surface area contributed by atoms with Crippen molar-refractivity contribution in [3.8, 4) is 0 Å². The minimum Gasteiger partial charge on any atom is -0.456 e. The maximum atomic E-state index is 5.91. The van der Waals surface area contributed by atoms with Crippen molar-refractivity contribution in [3.63, 3.8) is 0 Å². The van der Waals surface area contributed by atoms with Gasteiger partial charge in [0.1, 0.15) is 89.3 Å². The molecule has 25 aromatic rings. The first-order valence-electron chi connectivity index (χ1n) is 43.8. The third-order valence-electron chi connectivity index (χ3n) is 24.2. The fraction of sp³-hybridized carbons (Fsp3) is 0.151. The van der Waals surface area contributed by atoms with Crippen molar-refractivity contribution in [2.24, 2.45) is 0 Å². The third-order valence-corrected chi connectivity index (χ3v) is 24.2. The number of aryl methyl sites for hydroxylation is 18. The monoisotopic (exact) mass is 1680 g/mol. The zero-order chi connectivity index (χ0) is 89.3. The highest BCUT2D eigenvalue weighted by atomic mass is 16.4. The molecule has 0 aliphatic heterocycles. The van der Waals surface area contributed by atoms with Crippen molar-refractivity contribution < 1.29 is 35.3 Å². The smallest absolute Gasteiger partial charge is 0.138 e. The summed E-state index contributed by atoms with van der Waals surface area (Å²) in [6, 6.07) is 104. The van der Waals surface area contributed by atoms with Gasteiger partial charge in [-0.05, 0) is 299 Å². The van der Waals surface area contributed by atoms with E-state index >= 15 is 0 Å². The van der Waals surface area contributed by atoms with Crippen LogP contribution < -0.4 is 0 Å². The van der Waals surface area contributed by atoms with Crippen LogP contribution in [0.15, 0.2) is 345 Å². The highest BCUT2D eigenvalue weighted by Crippen LogP contribution is 2.40. The van der Waals surface area contributed by atoms with Gasteiger partial charge in [0.25, 0.3) is 0 Å². The molecule has 0 amide bonds. The van der Waals surface area contributed by atoms with E-state index in [1.54, 1.807) is 0 Å². The Hall–Kier alpha value is -14.9. The Kier molecular flexibility index (Phi) is 24.2. The summed E-state index contributed by atoms with van der Waals surface area (Å²) in [6.07, 6.45) is 1.81. The second kappa shape index (κ2) is 36.3. The van der Waals surface area contributed by atoms with Gasteiger partial charge in [0.05, 0.1) is 0 Å². The molecule has 0 atom stereocenters. The van der Waals surface area contributed by atoms with Crippen LogP contribution in [0.2, 0.25) is 0 Å². The van der Waals surface area contributed by atoms with Gasteiger partial charge >= 0.3 is 0 Å². The molecule has 0 N–H and O–H groups in total. The van der Waals surface area contributed by atoms with Crippen LogP contribution in [-0.2, 0) is 0 Å². The minimum atomic E-state index is 0.973. The number of hydrogen-bond acceptors (Lipinski definition) is 9. The predicted octanol–water partition coefficient (Wildman–Crippen LogP) is 35.3. The Morgan fingerprint density at radius 3 is 0.828 bits per heavy atom. The van der Waals surface area contributed by atoms with Gasteiger partial charge in [-0.25, -0.2) is 0 Å². The maximum Gasteiger partial charge on any atom is 0.138 e. The van der Waals surface area contributed by atoms with Crippen LogP contribution in [0.3, 0.4) is 0 Å². The summed E-state index contributed by atoms with van der Waals surface area (Å²) < 4.78 is 46.7. The molecule has 0 fully saturated rings. The Bertz CT molecular complexity index is 8170. The van der Waals surface area contributed by atoms with Gasteiger partial charge in [-0.3, -0.25) is 4.98 Å². The summed E-state index contributed by atoms with van der Waals surface area (Å²) in [4.78, 5) is 4.08. The molecule has 25 rings (SSSR count). The van der Waals surface area contributed by atoms with E-state index in [1.807, 2.05) is 92.0 Å². The number of nitrogens with zero attached hydrogens (tertiary/aromatic N) is 1. The van der Waals surface area contributed by atoms with E-state index in [0.717, 1.165) is 95.0 Å². The van der Waals surface area contributed by atoms with Crippen LogP contribution in [0.1, 0.15) is 100 Å². The molecule has 0 bridgehead atoms. The first-order valence-corrected chi connectivity index (χ1v) is 43.8. The number of rotatable bonds is 0. The lowest BCUT2D eigenvalue weighted by Crippen LogP contribution is -1.81. The number of furan rings is 8. The number of hydrogen-bond donors (Lipinski definition) is 0. The molecule has 0 spiro atoms. The van der Waals surface area contributed by atoms with E-state index in [1.165, 1.54) is 181 Å². The van der Waals surface area contributed by atoms with Crippen LogP contribution in [0.5, 0.6) is 0 Å². The zero-order valence-corrected chi connectivity index (χ0v) is 76.2. The van der Waals surface area contributed by atoms with E-state index in [2.05, 4.69) is 347 Å². The summed E-state index contributed by atoms with van der Waals surface area (Å²) in [5.41, 5.74) is 38.1. The van der Waals surface area contributed by atoms with Gasteiger partial charge in [0.15, 0.2) is 0 Å². The predicted molar refractivity (Wildman–Crippen MR) is 539 cm³/mol. The average Bonchev–Trinajstić information content (AvgIpc) is 1.61. The van der Waals surface area contributed by atoms with Gasteiger partial charge in [-0.1, -0.05) is 223 Å². The van der Waals surface area contributed by atoms with Crippen LogP contribution in [0.4, 0.5) is 0 Å². The lowest BCUT2D eigenvalue weighted by atomic mass is 10.0. The fourth-order valence-electron chi connectivity index (χ4n) is 17.3. The van der Waals surface area contributed by atoms with Crippen molar-refractivity contribution >= 4 is 176 Å². The van der Waals surface area contributed by atoms with E-state index in [4.69, 9.17) is 35.3 Å². The van der Waals surface area contributed by atoms with Gasteiger partial charge < -0.3 is 35.3 Å². The molecule has 0 unspecified atom stereocenters. The number of para-hydroxylation sites is 4. The number of fused-ring (bicyclic) bond motifs is 24. The SMILES string of the molecule is Cc1ccc2c(c1)oc1c(C)cccc12.Cc1ccc2c(c1)oc1cc(C)ccc12.Cc1ccc2c(c1)oc1ccc(C)cc12.Cc1ccc2c(c1)oc1cccc(C)c12.Cc1ccc2oc3cccc(C)c3c2c1.Cc1cccc2c1oc1c(C)cccc12.Cc1cccc2c1oc1cccc(C)c12.Cc1cccc2oc3cccc(C)c3c12.Cc1cccnc1C. The Morgan fingerprint density at radius 2 is 0.398 bits per heavy atom. The molecule has 0 saturated heterocycles. The Balaban J connectivity index is 0.000000102. The molecular formula is C119H105NO8. The summed E-state index contributed by atoms with van der Waals surface area (Å²) in [5.74, 6) is 0. The topological polar surface area (TPSA) is 118 Å². The second-order valence-electron chi connectivity index (χ2n) is 34.3. The molecule has 0 radical (unpaired) electrons. The first kappa shape index (κ1) is 85.2. The van der Waals surface area contributed by atoms with Crippen molar-refractivity contribution in [1.29, 1.82) is 0 Å². The van der Waals surface area contributed by atoms with Crippen LogP contribution >= 0.6 is 0 Å². The van der Waals surface area contributed by atoms with E-state index in [0.29, 0.717) is 0 Å². The summed E-state index contributed by atoms with van der Waals surface area (Å²) in [6.45, 7) is 37.6. The van der Waals surface area contributed by atoms with Gasteiger partial charge in [0, 0.05) is 98.1 Å². The molecule has 9 heterocycles. The van der Waals surface area contributed by atoms with E-state index in [-0.39, 0.29) is 0 Å². The second-order valence-corrected chi connectivity index (χ2v) is 34.3. The van der Waals surface area contributed by atoms with Gasteiger partial charge in [0.2, 0.25) is 0 Å². The number of benzene rings is 16. The van der Waals surface area contributed by atoms with Crippen molar-refractivity contribution in [2.75, 3.05) is 0 Å². The van der Waals surface area contributed by atoms with E-state index < -0.39 is 0 Å². The molecule has 0 aliphatic rings. The molecule has 16 aromatic carbocycles. The largest absolute Gasteiger partial charge is 0.456 e. The molecular weight excluding hydrogens is 1570 g/mol. The van der Waals surface area contributed by atoms with E-state index in [9.17, 15) is 0 Å². The molecule has 9 heteroatoms. The molecule has 0 saturated carbocycles. The quantitative estimate of drug-likeness (QED) is 0.146. The number of aromatic nitrogens is 1. The molecule has 9 aromatic heterocycles. The molecule has 0 aliphatic carbocycles. The lowest BCUT2D eigenvalue weighted by Gasteiger charge is -1.97. The highest BCUT2D eigenvalue weighted by molar-refractivity contribution is 6.13. The van der Waals surface area contributed by atoms with Gasteiger partial charge in [-0.15, -0.1) is 0 Å². The highest BCUT2D eigenvalue weighted by Gasteiger charge is 2.17. The van der Waals surface area contributed by atoms with Crippen LogP contribution in [0, 0.1) is 125 Å². The maximum absolute atomic E-state index is 5.91. The van der Waals surface area contributed by atoms with Crippen molar-refractivity contribution in [1.82, 2.24) is 4.98 Å². The van der Waals surface area contributed by atoms with Gasteiger partial charge in [-0.2, -0.15) is 0 Å².